The summed E-state index contributed by atoms with van der Waals surface area (Å²) in [6.45, 7) is 13.1. The molecule has 0 bridgehead atoms. The van der Waals surface area contributed by atoms with Crippen molar-refractivity contribution in [3.8, 4) is 0 Å². The van der Waals surface area contributed by atoms with Gasteiger partial charge in [0.25, 0.3) is 0 Å². The number of aliphatic hydroxyl groups is 1. The van der Waals surface area contributed by atoms with Gasteiger partial charge in [-0.15, -0.1) is 0 Å². The maximum absolute atomic E-state index is 10.3. The zero-order chi connectivity index (χ0) is 12.1. The van der Waals surface area contributed by atoms with Gasteiger partial charge < -0.3 is 5.11 Å². The Labute approximate surface area is 96.3 Å². The number of rotatable bonds is 6. The topological polar surface area (TPSA) is 20.2 Å². The SMILES string of the molecule is CCC(CC)CC(C)(O)CCC(C)(C)C. The van der Waals surface area contributed by atoms with Crippen molar-refractivity contribution in [1.82, 2.24) is 0 Å². The lowest BCUT2D eigenvalue weighted by Gasteiger charge is -2.30. The summed E-state index contributed by atoms with van der Waals surface area (Å²) in [6.07, 6.45) is 5.34. The molecule has 0 fully saturated rings. The molecule has 0 saturated carbocycles. The summed E-state index contributed by atoms with van der Waals surface area (Å²) in [5, 5.41) is 10.3. The van der Waals surface area contributed by atoms with Gasteiger partial charge in [-0.2, -0.15) is 0 Å². The average Bonchev–Trinajstić information content (AvgIpc) is 2.10. The molecule has 0 aliphatic carbocycles. The molecule has 1 heteroatoms. The van der Waals surface area contributed by atoms with Crippen LogP contribution in [0.4, 0.5) is 0 Å². The van der Waals surface area contributed by atoms with Crippen molar-refractivity contribution in [1.29, 1.82) is 0 Å². The van der Waals surface area contributed by atoms with Gasteiger partial charge in [-0.05, 0) is 37.5 Å². The highest BCUT2D eigenvalue weighted by Crippen LogP contribution is 2.30. The van der Waals surface area contributed by atoms with Gasteiger partial charge in [0.1, 0.15) is 0 Å². The molecular weight excluding hydrogens is 184 g/mol. The largest absolute Gasteiger partial charge is 0.390 e. The van der Waals surface area contributed by atoms with E-state index in [4.69, 9.17) is 0 Å². The molecule has 15 heavy (non-hydrogen) atoms. The van der Waals surface area contributed by atoms with Gasteiger partial charge in [-0.25, -0.2) is 0 Å². The van der Waals surface area contributed by atoms with E-state index in [1.54, 1.807) is 0 Å². The fraction of sp³-hybridized carbons (Fsp3) is 1.00. The fourth-order valence-electron chi connectivity index (χ4n) is 1.95. The van der Waals surface area contributed by atoms with Crippen molar-refractivity contribution in [2.24, 2.45) is 11.3 Å². The molecule has 0 amide bonds. The highest BCUT2D eigenvalue weighted by molar-refractivity contribution is 4.78. The minimum Gasteiger partial charge on any atom is -0.390 e. The van der Waals surface area contributed by atoms with Gasteiger partial charge in [0.2, 0.25) is 0 Å². The first-order valence-electron chi connectivity index (χ1n) is 6.42. The van der Waals surface area contributed by atoms with Crippen LogP contribution in [0.1, 0.15) is 73.6 Å². The van der Waals surface area contributed by atoms with Gasteiger partial charge >= 0.3 is 0 Å². The molecule has 0 aliphatic heterocycles. The molecular formula is C14H30O. The minimum atomic E-state index is -0.468. The molecule has 1 unspecified atom stereocenters. The first kappa shape index (κ1) is 15.0. The van der Waals surface area contributed by atoms with E-state index in [-0.39, 0.29) is 0 Å². The smallest absolute Gasteiger partial charge is 0.0622 e. The third-order valence-electron chi connectivity index (χ3n) is 3.30. The predicted octanol–water partition coefficient (Wildman–Crippen LogP) is 4.39. The predicted molar refractivity (Wildman–Crippen MR) is 68.0 cm³/mol. The second-order valence-corrected chi connectivity index (χ2v) is 6.44. The van der Waals surface area contributed by atoms with Gasteiger partial charge in [0.05, 0.1) is 5.60 Å². The molecule has 0 spiro atoms. The zero-order valence-electron chi connectivity index (χ0n) is 11.6. The monoisotopic (exact) mass is 214 g/mol. The van der Waals surface area contributed by atoms with Crippen LogP contribution >= 0.6 is 0 Å². The highest BCUT2D eigenvalue weighted by atomic mass is 16.3. The third-order valence-corrected chi connectivity index (χ3v) is 3.30. The van der Waals surface area contributed by atoms with Gasteiger partial charge in [-0.1, -0.05) is 47.5 Å². The molecule has 0 heterocycles. The third kappa shape index (κ3) is 7.84. The van der Waals surface area contributed by atoms with Crippen LogP contribution in [0.3, 0.4) is 0 Å². The Hall–Kier alpha value is -0.0400. The molecule has 0 rings (SSSR count). The quantitative estimate of drug-likeness (QED) is 0.695. The molecule has 1 N–H and O–H groups in total. The molecule has 1 atom stereocenters. The molecule has 0 aromatic heterocycles. The Morgan fingerprint density at radius 2 is 1.40 bits per heavy atom. The molecule has 1 nitrogen and oxygen atoms in total. The van der Waals surface area contributed by atoms with Crippen molar-refractivity contribution in [2.75, 3.05) is 0 Å². The van der Waals surface area contributed by atoms with E-state index in [1.807, 2.05) is 6.92 Å². The Morgan fingerprint density at radius 3 is 1.73 bits per heavy atom. The van der Waals surface area contributed by atoms with Crippen molar-refractivity contribution in [2.45, 2.75) is 79.2 Å². The Bertz CT molecular complexity index is 161. The van der Waals surface area contributed by atoms with E-state index in [2.05, 4.69) is 34.6 Å². The van der Waals surface area contributed by atoms with Crippen LogP contribution in [0.5, 0.6) is 0 Å². The van der Waals surface area contributed by atoms with Crippen molar-refractivity contribution in [3.05, 3.63) is 0 Å². The van der Waals surface area contributed by atoms with Crippen LogP contribution in [-0.4, -0.2) is 10.7 Å². The highest BCUT2D eigenvalue weighted by Gasteiger charge is 2.25. The summed E-state index contributed by atoms with van der Waals surface area (Å²) in [7, 11) is 0. The van der Waals surface area contributed by atoms with Crippen molar-refractivity contribution >= 4 is 0 Å². The molecule has 0 radical (unpaired) electrons. The fourth-order valence-corrected chi connectivity index (χ4v) is 1.95. The van der Waals surface area contributed by atoms with Crippen molar-refractivity contribution in [3.63, 3.8) is 0 Å². The van der Waals surface area contributed by atoms with E-state index < -0.39 is 5.60 Å². The van der Waals surface area contributed by atoms with Crippen LogP contribution in [0.25, 0.3) is 0 Å². The van der Waals surface area contributed by atoms with E-state index in [9.17, 15) is 5.11 Å². The summed E-state index contributed by atoms with van der Waals surface area (Å²) in [5.74, 6) is 0.681. The summed E-state index contributed by atoms with van der Waals surface area (Å²) in [6, 6.07) is 0. The lowest BCUT2D eigenvalue weighted by molar-refractivity contribution is 0.0143. The van der Waals surface area contributed by atoms with Crippen LogP contribution in [0.2, 0.25) is 0 Å². The molecule has 0 aliphatic rings. The van der Waals surface area contributed by atoms with Crippen LogP contribution in [-0.2, 0) is 0 Å². The van der Waals surface area contributed by atoms with E-state index in [0.29, 0.717) is 11.3 Å². The summed E-state index contributed by atoms with van der Waals surface area (Å²) in [5.41, 5.74) is -0.137. The van der Waals surface area contributed by atoms with Crippen molar-refractivity contribution < 1.29 is 5.11 Å². The molecule has 0 aromatic carbocycles. The van der Waals surface area contributed by atoms with Gasteiger partial charge in [0.15, 0.2) is 0 Å². The molecule has 92 valence electrons. The van der Waals surface area contributed by atoms with Crippen LogP contribution in [0.15, 0.2) is 0 Å². The maximum atomic E-state index is 10.3. The lowest BCUT2D eigenvalue weighted by Crippen LogP contribution is -2.29. The number of hydrogen-bond acceptors (Lipinski definition) is 1. The van der Waals surface area contributed by atoms with Gasteiger partial charge in [-0.3, -0.25) is 0 Å². The van der Waals surface area contributed by atoms with Crippen LogP contribution < -0.4 is 0 Å². The minimum absolute atomic E-state index is 0.331. The Morgan fingerprint density at radius 1 is 0.933 bits per heavy atom. The Balaban J connectivity index is 4.06. The summed E-state index contributed by atoms with van der Waals surface area (Å²) in [4.78, 5) is 0. The van der Waals surface area contributed by atoms with Gasteiger partial charge in [0, 0.05) is 0 Å². The lowest BCUT2D eigenvalue weighted by atomic mass is 9.80. The Kier molecular flexibility index (Phi) is 5.87. The van der Waals surface area contributed by atoms with E-state index in [0.717, 1.165) is 19.3 Å². The average molecular weight is 214 g/mol. The number of hydrogen-bond donors (Lipinski definition) is 1. The summed E-state index contributed by atoms with van der Waals surface area (Å²) < 4.78 is 0. The first-order valence-corrected chi connectivity index (χ1v) is 6.42. The second kappa shape index (κ2) is 5.89. The standard InChI is InChI=1S/C14H30O/c1-7-12(8-2)11-14(6,15)10-9-13(3,4)5/h12,15H,7-11H2,1-6H3. The van der Waals surface area contributed by atoms with Crippen LogP contribution in [0, 0.1) is 11.3 Å². The normalized spacial score (nSPS) is 16.8. The summed E-state index contributed by atoms with van der Waals surface area (Å²) >= 11 is 0. The second-order valence-electron chi connectivity index (χ2n) is 6.44. The molecule has 0 saturated heterocycles. The molecule has 0 aromatic rings. The first-order chi connectivity index (χ1) is 6.70. The maximum Gasteiger partial charge on any atom is 0.0622 e. The zero-order valence-corrected chi connectivity index (χ0v) is 11.6. The van der Waals surface area contributed by atoms with E-state index >= 15 is 0 Å². The van der Waals surface area contributed by atoms with E-state index in [1.165, 1.54) is 12.8 Å².